The van der Waals surface area contributed by atoms with E-state index in [-0.39, 0.29) is 42.1 Å². The normalized spacial score (nSPS) is 15.0. The molecule has 4 rings (SSSR count). The van der Waals surface area contributed by atoms with Gasteiger partial charge in [-0.2, -0.15) is 9.97 Å². The van der Waals surface area contributed by atoms with E-state index in [0.29, 0.717) is 16.1 Å². The second-order valence-electron chi connectivity index (χ2n) is 6.87. The van der Waals surface area contributed by atoms with Crippen molar-refractivity contribution in [2.24, 2.45) is 0 Å². The molecule has 0 spiro atoms. The lowest BCUT2D eigenvalue weighted by Crippen LogP contribution is -2.23. The van der Waals surface area contributed by atoms with E-state index in [1.807, 2.05) is 0 Å². The zero-order valence-electron chi connectivity index (χ0n) is 17.7. The van der Waals surface area contributed by atoms with Gasteiger partial charge in [0.2, 0.25) is 17.9 Å². The van der Waals surface area contributed by atoms with E-state index in [1.54, 1.807) is 42.5 Å². The predicted molar refractivity (Wildman–Crippen MR) is 117 cm³/mol. The van der Waals surface area contributed by atoms with Crippen LogP contribution >= 0.6 is 11.6 Å². The van der Waals surface area contributed by atoms with Gasteiger partial charge < -0.3 is 23.7 Å². The minimum Gasteiger partial charge on any atom is -0.481 e. The molecule has 2 aromatic carbocycles. The molecule has 0 N–H and O–H groups in total. The zero-order chi connectivity index (χ0) is 23.4. The lowest BCUT2D eigenvalue weighted by Gasteiger charge is -2.16. The molecule has 170 valence electrons. The molecule has 1 aliphatic heterocycles. The van der Waals surface area contributed by atoms with Crippen molar-refractivity contribution in [1.29, 1.82) is 0 Å². The zero-order valence-corrected chi connectivity index (χ0v) is 18.5. The number of carbonyl (C=O) groups excluding carboxylic acids is 2. The number of rotatable bonds is 7. The van der Waals surface area contributed by atoms with E-state index in [0.717, 1.165) is 0 Å². The van der Waals surface area contributed by atoms with Gasteiger partial charge in [0.15, 0.2) is 0 Å². The van der Waals surface area contributed by atoms with Crippen LogP contribution in [-0.4, -0.2) is 48.8 Å². The number of benzene rings is 2. The van der Waals surface area contributed by atoms with Gasteiger partial charge in [-0.1, -0.05) is 35.9 Å². The number of halogens is 1. The molecule has 1 fully saturated rings. The second kappa shape index (κ2) is 9.74. The highest BCUT2D eigenvalue weighted by Gasteiger charge is 2.32. The lowest BCUT2D eigenvalue weighted by molar-refractivity contribution is -0.145. The molecule has 1 aliphatic rings. The fraction of sp³-hybridized carbons (Fsp3) is 0.217. The average molecular weight is 471 g/mol. The molecule has 0 bridgehead atoms. The number of ether oxygens (including phenoxy) is 5. The summed E-state index contributed by atoms with van der Waals surface area (Å²) >= 11 is 6.02. The summed E-state index contributed by atoms with van der Waals surface area (Å²) in [5.74, 6) is -0.800. The second-order valence-corrected chi connectivity index (χ2v) is 7.31. The number of esters is 2. The number of hydrogen-bond donors (Lipinski definition) is 0. The van der Waals surface area contributed by atoms with Crippen molar-refractivity contribution in [3.05, 3.63) is 59.1 Å². The Labute approximate surface area is 194 Å². The van der Waals surface area contributed by atoms with Crippen LogP contribution in [0.3, 0.4) is 0 Å². The third-order valence-corrected chi connectivity index (χ3v) is 5.05. The van der Waals surface area contributed by atoms with Crippen LogP contribution in [0.4, 0.5) is 0 Å². The molecular weight excluding hydrogens is 452 g/mol. The number of aromatic nitrogens is 2. The highest BCUT2D eigenvalue weighted by molar-refractivity contribution is 6.30. The van der Waals surface area contributed by atoms with Crippen LogP contribution < -0.4 is 14.2 Å². The molecule has 1 unspecified atom stereocenters. The molecule has 1 saturated heterocycles. The minimum absolute atomic E-state index is 0.0879. The SMILES string of the molecule is COc1cc(OC)nc(Oc2cccc(-c3ccc(Cl)cc3)c2C(=O)OC2CCOC2=O)n1. The molecular formula is C23H19ClN2O7. The molecule has 1 aromatic heterocycles. The van der Waals surface area contributed by atoms with Gasteiger partial charge in [0, 0.05) is 11.4 Å². The molecule has 0 amide bonds. The van der Waals surface area contributed by atoms with Crippen LogP contribution in [0.25, 0.3) is 11.1 Å². The fourth-order valence-electron chi connectivity index (χ4n) is 3.21. The summed E-state index contributed by atoms with van der Waals surface area (Å²) in [6.45, 7) is 0.191. The van der Waals surface area contributed by atoms with Crippen molar-refractivity contribution < 1.29 is 33.3 Å². The first-order chi connectivity index (χ1) is 16.0. The smallest absolute Gasteiger partial charge is 0.347 e. The van der Waals surface area contributed by atoms with E-state index in [4.69, 9.17) is 35.3 Å². The van der Waals surface area contributed by atoms with Crippen molar-refractivity contribution in [1.82, 2.24) is 9.97 Å². The summed E-state index contributed by atoms with van der Waals surface area (Å²) in [6, 6.07) is 13.3. The van der Waals surface area contributed by atoms with Crippen molar-refractivity contribution in [3.8, 4) is 34.6 Å². The van der Waals surface area contributed by atoms with Gasteiger partial charge >= 0.3 is 17.9 Å². The van der Waals surface area contributed by atoms with E-state index in [1.165, 1.54) is 20.3 Å². The van der Waals surface area contributed by atoms with E-state index in [9.17, 15) is 9.59 Å². The maximum absolute atomic E-state index is 13.2. The van der Waals surface area contributed by atoms with Crippen LogP contribution in [0.2, 0.25) is 5.02 Å². The third-order valence-electron chi connectivity index (χ3n) is 4.80. The van der Waals surface area contributed by atoms with Gasteiger partial charge in [0.05, 0.1) is 26.9 Å². The fourth-order valence-corrected chi connectivity index (χ4v) is 3.33. The summed E-state index contributed by atoms with van der Waals surface area (Å²) in [4.78, 5) is 33.4. The minimum atomic E-state index is -0.989. The Kier molecular flexibility index (Phi) is 6.60. The van der Waals surface area contributed by atoms with Gasteiger partial charge in [0.1, 0.15) is 11.3 Å². The van der Waals surface area contributed by atoms with Crippen molar-refractivity contribution in [2.45, 2.75) is 12.5 Å². The maximum Gasteiger partial charge on any atom is 0.347 e. The van der Waals surface area contributed by atoms with E-state index < -0.39 is 18.0 Å². The summed E-state index contributed by atoms with van der Waals surface area (Å²) < 4.78 is 26.5. The van der Waals surface area contributed by atoms with Crippen LogP contribution in [-0.2, 0) is 14.3 Å². The number of carbonyl (C=O) groups is 2. The molecule has 0 aliphatic carbocycles. The third kappa shape index (κ3) is 4.98. The van der Waals surface area contributed by atoms with Crippen LogP contribution in [0, 0.1) is 0 Å². The molecule has 3 aromatic rings. The predicted octanol–water partition coefficient (Wildman–Crippen LogP) is 4.08. The van der Waals surface area contributed by atoms with E-state index >= 15 is 0 Å². The molecule has 9 nitrogen and oxygen atoms in total. The number of cyclic esters (lactones) is 1. The Hall–Kier alpha value is -3.85. The van der Waals surface area contributed by atoms with E-state index in [2.05, 4.69) is 9.97 Å². The van der Waals surface area contributed by atoms with Crippen molar-refractivity contribution >= 4 is 23.5 Å². The van der Waals surface area contributed by atoms with Gasteiger partial charge in [0.25, 0.3) is 0 Å². The number of nitrogens with zero attached hydrogens (tertiary/aromatic N) is 2. The van der Waals surface area contributed by atoms with Gasteiger partial charge in [-0.3, -0.25) is 0 Å². The van der Waals surface area contributed by atoms with Crippen molar-refractivity contribution in [2.75, 3.05) is 20.8 Å². The Bertz CT molecular complexity index is 1160. The first-order valence-electron chi connectivity index (χ1n) is 9.90. The largest absolute Gasteiger partial charge is 0.481 e. The molecule has 2 heterocycles. The molecule has 0 saturated carbocycles. The standard InChI is InChI=1S/C23H19ClN2O7/c1-29-18-12-19(30-2)26-23(25-18)33-16-5-3-4-15(13-6-8-14(24)9-7-13)20(16)22(28)32-17-10-11-31-21(17)27/h3-9,12,17H,10-11H2,1-2H3. The Balaban J connectivity index is 1.77. The molecule has 10 heteroatoms. The van der Waals surface area contributed by atoms with Gasteiger partial charge in [-0.05, 0) is 29.3 Å². The lowest BCUT2D eigenvalue weighted by atomic mass is 9.99. The Morgan fingerprint density at radius 1 is 1.06 bits per heavy atom. The van der Waals surface area contributed by atoms with Crippen LogP contribution in [0.15, 0.2) is 48.5 Å². The Morgan fingerprint density at radius 2 is 1.76 bits per heavy atom. The van der Waals surface area contributed by atoms with Gasteiger partial charge in [-0.25, -0.2) is 9.59 Å². The summed E-state index contributed by atoms with van der Waals surface area (Å²) in [6.07, 6.45) is -0.711. The summed E-state index contributed by atoms with van der Waals surface area (Å²) in [5, 5.41) is 0.542. The van der Waals surface area contributed by atoms with Gasteiger partial charge in [-0.15, -0.1) is 0 Å². The number of methoxy groups -OCH3 is 2. The molecule has 1 atom stereocenters. The van der Waals surface area contributed by atoms with Crippen molar-refractivity contribution in [3.63, 3.8) is 0 Å². The highest BCUT2D eigenvalue weighted by Crippen LogP contribution is 2.35. The topological polar surface area (TPSA) is 106 Å². The first kappa shape index (κ1) is 22.3. The maximum atomic E-state index is 13.2. The van der Waals surface area contributed by atoms with Crippen LogP contribution in [0.5, 0.6) is 23.5 Å². The summed E-state index contributed by atoms with van der Waals surface area (Å²) in [7, 11) is 2.88. The quantitative estimate of drug-likeness (QED) is 0.472. The van der Waals surface area contributed by atoms with Crippen LogP contribution in [0.1, 0.15) is 16.8 Å². The number of hydrogen-bond acceptors (Lipinski definition) is 9. The monoisotopic (exact) mass is 470 g/mol. The average Bonchev–Trinajstić information content (AvgIpc) is 3.23. The highest BCUT2D eigenvalue weighted by atomic mass is 35.5. The molecule has 0 radical (unpaired) electrons. The molecule has 33 heavy (non-hydrogen) atoms. The first-order valence-corrected chi connectivity index (χ1v) is 10.3. The Morgan fingerprint density at radius 3 is 2.36 bits per heavy atom. The summed E-state index contributed by atoms with van der Waals surface area (Å²) in [5.41, 5.74) is 1.29.